The molecule has 3 N–H and O–H groups in total. The number of rotatable bonds is 3. The molecule has 3 rings (SSSR count). The van der Waals surface area contributed by atoms with Crippen LogP contribution in [0.15, 0.2) is 0 Å². The van der Waals surface area contributed by atoms with Crippen molar-refractivity contribution in [2.24, 2.45) is 17.1 Å². The van der Waals surface area contributed by atoms with E-state index in [1.165, 1.54) is 19.4 Å². The SMILES string of the molecule is CC1CC(C(=O)NC2CCN3CCCC23)(C(N)=S)C1. The van der Waals surface area contributed by atoms with Gasteiger partial charge in [-0.1, -0.05) is 19.1 Å². The summed E-state index contributed by atoms with van der Waals surface area (Å²) < 4.78 is 0. The molecule has 5 heteroatoms. The average molecular weight is 281 g/mol. The van der Waals surface area contributed by atoms with Crippen molar-refractivity contribution in [2.45, 2.75) is 51.1 Å². The van der Waals surface area contributed by atoms with Gasteiger partial charge in [0.1, 0.15) is 0 Å². The van der Waals surface area contributed by atoms with Gasteiger partial charge < -0.3 is 11.1 Å². The molecule has 0 aromatic rings. The van der Waals surface area contributed by atoms with Crippen LogP contribution in [-0.2, 0) is 4.79 Å². The lowest BCUT2D eigenvalue weighted by atomic mass is 9.62. The Kier molecular flexibility index (Phi) is 3.29. The van der Waals surface area contributed by atoms with E-state index in [1.807, 2.05) is 0 Å². The number of nitrogens with one attached hydrogen (secondary N) is 1. The van der Waals surface area contributed by atoms with Crippen LogP contribution in [-0.4, -0.2) is 41.0 Å². The predicted octanol–water partition coefficient (Wildman–Crippen LogP) is 1.04. The minimum atomic E-state index is -0.555. The van der Waals surface area contributed by atoms with Gasteiger partial charge in [0.2, 0.25) is 5.91 Å². The highest BCUT2D eigenvalue weighted by Crippen LogP contribution is 2.46. The minimum Gasteiger partial charge on any atom is -0.392 e. The molecule has 2 heterocycles. The molecule has 3 fully saturated rings. The third kappa shape index (κ3) is 2.07. The lowest BCUT2D eigenvalue weighted by Crippen LogP contribution is -2.58. The summed E-state index contributed by atoms with van der Waals surface area (Å²) in [4.78, 5) is 15.5. The largest absolute Gasteiger partial charge is 0.392 e. The Balaban J connectivity index is 1.66. The number of nitrogens with zero attached hydrogens (tertiary/aromatic N) is 1. The summed E-state index contributed by atoms with van der Waals surface area (Å²) in [7, 11) is 0. The van der Waals surface area contributed by atoms with Gasteiger partial charge in [0.05, 0.1) is 10.4 Å². The highest BCUT2D eigenvalue weighted by atomic mass is 32.1. The molecule has 3 aliphatic rings. The molecule has 2 atom stereocenters. The topological polar surface area (TPSA) is 58.4 Å². The van der Waals surface area contributed by atoms with Gasteiger partial charge in [-0.15, -0.1) is 0 Å². The van der Waals surface area contributed by atoms with Gasteiger partial charge in [-0.25, -0.2) is 0 Å². The summed E-state index contributed by atoms with van der Waals surface area (Å²) in [5.74, 6) is 0.635. The molecule has 106 valence electrons. The molecule has 0 spiro atoms. The first-order chi connectivity index (χ1) is 9.03. The summed E-state index contributed by atoms with van der Waals surface area (Å²) in [6.45, 7) is 4.46. The first-order valence-corrected chi connectivity index (χ1v) is 7.79. The minimum absolute atomic E-state index is 0.0804. The highest BCUT2D eigenvalue weighted by molar-refractivity contribution is 7.80. The molecule has 2 unspecified atom stereocenters. The van der Waals surface area contributed by atoms with E-state index in [0.29, 0.717) is 23.0 Å². The average Bonchev–Trinajstić information content (AvgIpc) is 2.88. The van der Waals surface area contributed by atoms with Crippen LogP contribution >= 0.6 is 12.2 Å². The molecule has 0 aromatic heterocycles. The van der Waals surface area contributed by atoms with E-state index in [4.69, 9.17) is 18.0 Å². The fourth-order valence-corrected chi connectivity index (χ4v) is 4.45. The lowest BCUT2D eigenvalue weighted by Gasteiger charge is -2.44. The number of nitrogens with two attached hydrogens (primary N) is 1. The zero-order chi connectivity index (χ0) is 13.6. The Labute approximate surface area is 120 Å². The number of carbonyl (C=O) groups excluding carboxylic acids is 1. The van der Waals surface area contributed by atoms with Gasteiger partial charge in [-0.2, -0.15) is 0 Å². The van der Waals surface area contributed by atoms with Crippen LogP contribution in [0.5, 0.6) is 0 Å². The van der Waals surface area contributed by atoms with E-state index >= 15 is 0 Å². The van der Waals surface area contributed by atoms with Gasteiger partial charge in [-0.05, 0) is 44.6 Å². The quantitative estimate of drug-likeness (QED) is 0.759. The zero-order valence-electron chi connectivity index (χ0n) is 11.5. The Morgan fingerprint density at radius 2 is 2.11 bits per heavy atom. The molecule has 2 saturated heterocycles. The predicted molar refractivity (Wildman–Crippen MR) is 78.8 cm³/mol. The fourth-order valence-electron chi connectivity index (χ4n) is 4.19. The first-order valence-electron chi connectivity index (χ1n) is 7.38. The molecule has 0 bridgehead atoms. The third-order valence-corrected chi connectivity index (χ3v) is 5.61. The summed E-state index contributed by atoms with van der Waals surface area (Å²) in [6, 6.07) is 0.849. The van der Waals surface area contributed by atoms with Crippen LogP contribution in [0.3, 0.4) is 0 Å². The third-order valence-electron chi connectivity index (χ3n) is 5.22. The summed E-state index contributed by atoms with van der Waals surface area (Å²) in [5, 5.41) is 3.25. The molecule has 0 radical (unpaired) electrons. The number of thiocarbonyl (C=S) groups is 1. The highest BCUT2D eigenvalue weighted by Gasteiger charge is 2.52. The van der Waals surface area contributed by atoms with Crippen LogP contribution in [0.25, 0.3) is 0 Å². The van der Waals surface area contributed by atoms with Crippen molar-refractivity contribution in [2.75, 3.05) is 13.1 Å². The Morgan fingerprint density at radius 1 is 1.37 bits per heavy atom. The molecule has 2 aliphatic heterocycles. The van der Waals surface area contributed by atoms with E-state index in [1.54, 1.807) is 0 Å². The second-order valence-electron chi connectivity index (χ2n) is 6.57. The van der Waals surface area contributed by atoms with Crippen LogP contribution < -0.4 is 11.1 Å². The van der Waals surface area contributed by atoms with E-state index in [2.05, 4.69) is 17.1 Å². The van der Waals surface area contributed by atoms with Crippen LogP contribution in [0, 0.1) is 11.3 Å². The van der Waals surface area contributed by atoms with Gasteiger partial charge in [0, 0.05) is 18.6 Å². The van der Waals surface area contributed by atoms with Crippen molar-refractivity contribution in [3.63, 3.8) is 0 Å². The van der Waals surface area contributed by atoms with Crippen molar-refractivity contribution < 1.29 is 4.79 Å². The normalized spacial score (nSPS) is 41.6. The van der Waals surface area contributed by atoms with Crippen LogP contribution in [0.2, 0.25) is 0 Å². The molecule has 1 saturated carbocycles. The molecule has 4 nitrogen and oxygen atoms in total. The maximum Gasteiger partial charge on any atom is 0.233 e. The van der Waals surface area contributed by atoms with Crippen molar-refractivity contribution in [1.82, 2.24) is 10.2 Å². The monoisotopic (exact) mass is 281 g/mol. The zero-order valence-corrected chi connectivity index (χ0v) is 12.3. The first kappa shape index (κ1) is 13.3. The number of hydrogen-bond donors (Lipinski definition) is 2. The van der Waals surface area contributed by atoms with Crippen LogP contribution in [0.1, 0.15) is 39.0 Å². The van der Waals surface area contributed by atoms with E-state index in [0.717, 1.165) is 25.8 Å². The van der Waals surface area contributed by atoms with Crippen molar-refractivity contribution in [1.29, 1.82) is 0 Å². The second kappa shape index (κ2) is 4.70. The van der Waals surface area contributed by atoms with Crippen molar-refractivity contribution in [3.8, 4) is 0 Å². The summed E-state index contributed by atoms with van der Waals surface area (Å²) >= 11 is 5.15. The fraction of sp³-hybridized carbons (Fsp3) is 0.857. The van der Waals surface area contributed by atoms with Gasteiger partial charge >= 0.3 is 0 Å². The maximum atomic E-state index is 12.6. The van der Waals surface area contributed by atoms with E-state index < -0.39 is 5.41 Å². The summed E-state index contributed by atoms with van der Waals surface area (Å²) in [6.07, 6.45) is 5.17. The maximum absolute atomic E-state index is 12.6. The summed E-state index contributed by atoms with van der Waals surface area (Å²) in [5.41, 5.74) is 5.28. The number of carbonyl (C=O) groups is 1. The number of fused-ring (bicyclic) bond motifs is 1. The van der Waals surface area contributed by atoms with Crippen molar-refractivity contribution >= 4 is 23.1 Å². The standard InChI is InChI=1S/C14H23N3OS/c1-9-7-14(8-9,12(15)19)13(18)16-10-4-6-17-5-2-3-11(10)17/h9-11H,2-8H2,1H3,(H2,15,19)(H,16,18). The molecule has 19 heavy (non-hydrogen) atoms. The van der Waals surface area contributed by atoms with Crippen molar-refractivity contribution in [3.05, 3.63) is 0 Å². The molecular formula is C14H23N3OS. The van der Waals surface area contributed by atoms with Gasteiger partial charge in [0.15, 0.2) is 0 Å². The lowest BCUT2D eigenvalue weighted by molar-refractivity contribution is -0.133. The van der Waals surface area contributed by atoms with E-state index in [9.17, 15) is 4.79 Å². The second-order valence-corrected chi connectivity index (χ2v) is 7.01. The Bertz CT molecular complexity index is 405. The van der Waals surface area contributed by atoms with E-state index in [-0.39, 0.29) is 5.91 Å². The number of amides is 1. The molecular weight excluding hydrogens is 258 g/mol. The van der Waals surface area contributed by atoms with Gasteiger partial charge in [-0.3, -0.25) is 9.69 Å². The molecule has 0 aromatic carbocycles. The van der Waals surface area contributed by atoms with Crippen LogP contribution in [0.4, 0.5) is 0 Å². The Hall–Kier alpha value is -0.680. The molecule has 1 aliphatic carbocycles. The smallest absolute Gasteiger partial charge is 0.233 e. The Morgan fingerprint density at radius 3 is 2.74 bits per heavy atom. The number of hydrogen-bond acceptors (Lipinski definition) is 3. The molecule has 1 amide bonds. The van der Waals surface area contributed by atoms with Gasteiger partial charge in [0.25, 0.3) is 0 Å².